The number of aromatic carboxylic acids is 1. The van der Waals surface area contributed by atoms with E-state index in [4.69, 9.17) is 23.2 Å². The summed E-state index contributed by atoms with van der Waals surface area (Å²) in [5, 5.41) is 10.8. The van der Waals surface area contributed by atoms with Crippen LogP contribution < -0.4 is 4.72 Å². The summed E-state index contributed by atoms with van der Waals surface area (Å²) in [5.74, 6) is -1.18. The summed E-state index contributed by atoms with van der Waals surface area (Å²) in [6.07, 6.45) is 0.490. The molecule has 1 aromatic heterocycles. The quantitative estimate of drug-likeness (QED) is 0.347. The Kier molecular flexibility index (Phi) is 5.57. The number of rotatable bonds is 4. The van der Waals surface area contributed by atoms with E-state index in [0.717, 1.165) is 26.7 Å². The molecule has 0 saturated heterocycles. The van der Waals surface area contributed by atoms with E-state index in [-0.39, 0.29) is 15.5 Å². The van der Waals surface area contributed by atoms with Gasteiger partial charge in [-0.05, 0) is 60.9 Å². The van der Waals surface area contributed by atoms with Crippen LogP contribution in [-0.2, 0) is 16.4 Å². The molecule has 0 unspecified atom stereocenters. The zero-order chi connectivity index (χ0) is 21.8. The minimum Gasteiger partial charge on any atom is -0.477 e. The lowest BCUT2D eigenvalue weighted by Gasteiger charge is -2.18. The van der Waals surface area contributed by atoms with E-state index < -0.39 is 16.0 Å². The maximum Gasteiger partial charge on any atom is 0.348 e. The van der Waals surface area contributed by atoms with Crippen molar-refractivity contribution in [3.8, 4) is 0 Å². The van der Waals surface area contributed by atoms with Crippen LogP contribution in [0.2, 0.25) is 10.0 Å². The first-order valence-electron chi connectivity index (χ1n) is 8.71. The van der Waals surface area contributed by atoms with Crippen LogP contribution >= 0.6 is 46.3 Å². The Morgan fingerprint density at radius 3 is 2.57 bits per heavy atom. The van der Waals surface area contributed by atoms with E-state index in [1.807, 2.05) is 12.1 Å². The molecule has 0 aliphatic carbocycles. The lowest BCUT2D eigenvalue weighted by Crippen LogP contribution is -2.16. The minimum absolute atomic E-state index is 0.0432. The summed E-state index contributed by atoms with van der Waals surface area (Å²) in [6, 6.07) is 8.53. The maximum atomic E-state index is 13.2. The van der Waals surface area contributed by atoms with Gasteiger partial charge >= 0.3 is 5.97 Å². The third kappa shape index (κ3) is 3.83. The lowest BCUT2D eigenvalue weighted by molar-refractivity contribution is 0.0703. The number of fused-ring (bicyclic) bond motifs is 2. The molecule has 0 spiro atoms. The van der Waals surface area contributed by atoms with Crippen molar-refractivity contribution in [2.75, 3.05) is 4.72 Å². The van der Waals surface area contributed by atoms with Crippen LogP contribution in [0.4, 0.5) is 5.69 Å². The highest BCUT2D eigenvalue weighted by atomic mass is 35.5. The van der Waals surface area contributed by atoms with Gasteiger partial charge < -0.3 is 5.11 Å². The number of hydrogen-bond donors (Lipinski definition) is 2. The van der Waals surface area contributed by atoms with Gasteiger partial charge in [-0.2, -0.15) is 0 Å². The fraction of sp³-hybridized carbons (Fsp3) is 0.150. The number of sulfonamides is 1. The van der Waals surface area contributed by atoms with Crippen molar-refractivity contribution in [3.63, 3.8) is 0 Å². The van der Waals surface area contributed by atoms with Crippen LogP contribution in [0.15, 0.2) is 45.0 Å². The number of thiophene rings is 1. The number of nitrogens with one attached hydrogen (secondary N) is 1. The second-order valence-electron chi connectivity index (χ2n) is 6.87. The molecule has 0 atom stereocenters. The molecule has 0 saturated carbocycles. The van der Waals surface area contributed by atoms with Crippen LogP contribution in [0.25, 0.3) is 0 Å². The molecule has 0 amide bonds. The molecule has 2 heterocycles. The molecule has 1 aliphatic heterocycles. The van der Waals surface area contributed by atoms with Crippen LogP contribution in [0.3, 0.4) is 0 Å². The molecule has 2 aromatic carbocycles. The fourth-order valence-corrected chi connectivity index (χ4v) is 7.56. The van der Waals surface area contributed by atoms with Gasteiger partial charge in [-0.25, -0.2) is 13.2 Å². The Morgan fingerprint density at radius 1 is 1.13 bits per heavy atom. The number of hydrogen-bond acceptors (Lipinski definition) is 5. The molecule has 156 valence electrons. The molecular formula is C20H15Cl2NO4S3. The standard InChI is InChI=1S/C20H15Cl2NO4S3/c1-9-6-16(10(2)5-13(9)22)30(26,27)23-17-18-15(29-19(17)20(24)25)8-11-7-12(21)3-4-14(11)28-18/h3-7,23H,8H2,1-2H3,(H,24,25). The van der Waals surface area contributed by atoms with Gasteiger partial charge in [0.15, 0.2) is 0 Å². The second-order valence-corrected chi connectivity index (χ2v) is 11.5. The molecule has 5 nitrogen and oxygen atoms in total. The Balaban J connectivity index is 1.81. The van der Waals surface area contributed by atoms with Crippen LogP contribution in [-0.4, -0.2) is 19.5 Å². The fourth-order valence-electron chi connectivity index (χ4n) is 3.23. The number of anilines is 1. The van der Waals surface area contributed by atoms with Crippen molar-refractivity contribution >= 4 is 68.0 Å². The topological polar surface area (TPSA) is 83.5 Å². The highest BCUT2D eigenvalue weighted by molar-refractivity contribution is 8.00. The van der Waals surface area contributed by atoms with Gasteiger partial charge in [0.1, 0.15) is 4.88 Å². The van der Waals surface area contributed by atoms with Crippen LogP contribution in [0.1, 0.15) is 31.2 Å². The summed E-state index contributed by atoms with van der Waals surface area (Å²) >= 11 is 14.6. The highest BCUT2D eigenvalue weighted by Gasteiger charge is 2.31. The summed E-state index contributed by atoms with van der Waals surface area (Å²) < 4.78 is 28.9. The number of benzene rings is 2. The predicted octanol–water partition coefficient (Wildman–Crippen LogP) is 6.23. The zero-order valence-electron chi connectivity index (χ0n) is 15.7. The van der Waals surface area contributed by atoms with Gasteiger partial charge in [0.05, 0.1) is 15.5 Å². The minimum atomic E-state index is -4.03. The predicted molar refractivity (Wildman–Crippen MR) is 121 cm³/mol. The Bertz CT molecular complexity index is 1320. The molecule has 10 heteroatoms. The van der Waals surface area contributed by atoms with E-state index in [0.29, 0.717) is 32.5 Å². The second kappa shape index (κ2) is 7.76. The number of halogens is 2. The zero-order valence-corrected chi connectivity index (χ0v) is 19.7. The van der Waals surface area contributed by atoms with Gasteiger partial charge in [0.25, 0.3) is 10.0 Å². The highest BCUT2D eigenvalue weighted by Crippen LogP contribution is 2.50. The first-order chi connectivity index (χ1) is 14.1. The SMILES string of the molecule is Cc1cc(S(=O)(=O)Nc2c(C(=O)O)sc3c2Sc2ccc(Cl)cc2C3)c(C)cc1Cl. The molecule has 0 bridgehead atoms. The lowest BCUT2D eigenvalue weighted by atomic mass is 10.1. The normalized spacial score (nSPS) is 12.9. The average molecular weight is 500 g/mol. The molecule has 3 aromatic rings. The van der Waals surface area contributed by atoms with Crippen LogP contribution in [0, 0.1) is 13.8 Å². The van der Waals surface area contributed by atoms with E-state index in [1.165, 1.54) is 17.8 Å². The number of carbonyl (C=O) groups is 1. The molecular weight excluding hydrogens is 485 g/mol. The molecule has 30 heavy (non-hydrogen) atoms. The molecule has 1 aliphatic rings. The average Bonchev–Trinajstić information content (AvgIpc) is 2.99. The molecule has 2 N–H and O–H groups in total. The van der Waals surface area contributed by atoms with Gasteiger partial charge in [-0.15, -0.1) is 11.3 Å². The number of carboxylic acid groups (broad SMARTS) is 1. The van der Waals surface area contributed by atoms with E-state index in [9.17, 15) is 18.3 Å². The van der Waals surface area contributed by atoms with Gasteiger partial charge in [-0.3, -0.25) is 4.72 Å². The maximum absolute atomic E-state index is 13.2. The molecule has 0 radical (unpaired) electrons. The first kappa shape index (κ1) is 21.5. The smallest absolute Gasteiger partial charge is 0.348 e. The monoisotopic (exact) mass is 499 g/mol. The Hall–Kier alpha value is -1.71. The summed E-state index contributed by atoms with van der Waals surface area (Å²) in [5.41, 5.74) is 2.18. The van der Waals surface area contributed by atoms with E-state index in [1.54, 1.807) is 26.0 Å². The van der Waals surface area contributed by atoms with Gasteiger partial charge in [0.2, 0.25) is 0 Å². The molecule has 0 fully saturated rings. The Morgan fingerprint density at radius 2 is 1.87 bits per heavy atom. The third-order valence-corrected chi connectivity index (χ3v) is 9.41. The van der Waals surface area contributed by atoms with Crippen molar-refractivity contribution in [3.05, 3.63) is 66.8 Å². The van der Waals surface area contributed by atoms with Gasteiger partial charge in [0, 0.05) is 26.2 Å². The number of aryl methyl sites for hydroxylation is 2. The summed E-state index contributed by atoms with van der Waals surface area (Å²) in [4.78, 5) is 14.2. The van der Waals surface area contributed by atoms with Crippen molar-refractivity contribution in [1.82, 2.24) is 0 Å². The summed E-state index contributed by atoms with van der Waals surface area (Å²) in [6.45, 7) is 3.36. The van der Waals surface area contributed by atoms with Crippen LogP contribution in [0.5, 0.6) is 0 Å². The first-order valence-corrected chi connectivity index (χ1v) is 12.6. The van der Waals surface area contributed by atoms with Crippen molar-refractivity contribution in [2.24, 2.45) is 0 Å². The van der Waals surface area contributed by atoms with Crippen molar-refractivity contribution < 1.29 is 18.3 Å². The van der Waals surface area contributed by atoms with E-state index in [2.05, 4.69) is 4.72 Å². The largest absolute Gasteiger partial charge is 0.477 e. The third-order valence-electron chi connectivity index (χ3n) is 4.69. The Labute approximate surface area is 192 Å². The molecule has 4 rings (SSSR count). The van der Waals surface area contributed by atoms with Crippen molar-refractivity contribution in [1.29, 1.82) is 0 Å². The summed E-state index contributed by atoms with van der Waals surface area (Å²) in [7, 11) is -4.03. The van der Waals surface area contributed by atoms with E-state index >= 15 is 0 Å². The van der Waals surface area contributed by atoms with Gasteiger partial charge in [-0.1, -0.05) is 35.0 Å². The number of carboxylic acids is 1. The van der Waals surface area contributed by atoms with Crippen molar-refractivity contribution in [2.45, 2.75) is 35.0 Å².